The van der Waals surface area contributed by atoms with Crippen molar-refractivity contribution in [2.24, 2.45) is 11.3 Å². The fourth-order valence-electron chi connectivity index (χ4n) is 3.05. The van der Waals surface area contributed by atoms with Crippen LogP contribution in [0.2, 0.25) is 0 Å². The highest BCUT2D eigenvalue weighted by molar-refractivity contribution is 4.78. The Balaban J connectivity index is 2.24. The molecule has 0 atom stereocenters. The molecule has 0 heterocycles. The van der Waals surface area contributed by atoms with E-state index in [1.807, 2.05) is 0 Å². The zero-order valence-corrected chi connectivity index (χ0v) is 12.7. The molecule has 1 rings (SSSR count). The van der Waals surface area contributed by atoms with Gasteiger partial charge in [0.1, 0.15) is 0 Å². The van der Waals surface area contributed by atoms with Gasteiger partial charge in [-0.3, -0.25) is 0 Å². The average Bonchev–Trinajstić information content (AvgIpc) is 2.15. The van der Waals surface area contributed by atoms with Gasteiger partial charge in [-0.25, -0.2) is 0 Å². The van der Waals surface area contributed by atoms with Gasteiger partial charge in [-0.1, -0.05) is 46.0 Å². The molecule has 0 spiro atoms. The maximum Gasteiger partial charge on any atom is 0.00965 e. The van der Waals surface area contributed by atoms with Gasteiger partial charge in [0.2, 0.25) is 0 Å². The second-order valence-electron chi connectivity index (χ2n) is 7.80. The molecule has 0 aromatic carbocycles. The SMILES string of the molecule is CC(C)(CCNC(C)(C)C)CC1CCCCC1. The van der Waals surface area contributed by atoms with Gasteiger partial charge in [-0.15, -0.1) is 0 Å². The molecular formula is C16H33N. The Bertz CT molecular complexity index is 206. The van der Waals surface area contributed by atoms with E-state index in [-0.39, 0.29) is 5.54 Å². The molecule has 0 amide bonds. The van der Waals surface area contributed by atoms with E-state index >= 15 is 0 Å². The summed E-state index contributed by atoms with van der Waals surface area (Å²) in [5.41, 5.74) is 0.779. The zero-order chi connectivity index (χ0) is 12.9. The number of hydrogen-bond acceptors (Lipinski definition) is 1. The predicted molar refractivity (Wildman–Crippen MR) is 77.3 cm³/mol. The van der Waals surface area contributed by atoms with Crippen molar-refractivity contribution in [3.05, 3.63) is 0 Å². The largest absolute Gasteiger partial charge is 0.312 e. The first-order valence-electron chi connectivity index (χ1n) is 7.54. The molecule has 1 saturated carbocycles. The van der Waals surface area contributed by atoms with Crippen molar-refractivity contribution >= 4 is 0 Å². The molecule has 1 aliphatic carbocycles. The third-order valence-electron chi connectivity index (χ3n) is 4.02. The van der Waals surface area contributed by atoms with E-state index in [2.05, 4.69) is 39.9 Å². The van der Waals surface area contributed by atoms with E-state index in [9.17, 15) is 0 Å². The average molecular weight is 239 g/mol. The molecule has 1 fully saturated rings. The lowest BCUT2D eigenvalue weighted by Crippen LogP contribution is -2.38. The Morgan fingerprint density at radius 2 is 1.53 bits per heavy atom. The van der Waals surface area contributed by atoms with Crippen molar-refractivity contribution in [3.63, 3.8) is 0 Å². The summed E-state index contributed by atoms with van der Waals surface area (Å²) < 4.78 is 0. The first-order chi connectivity index (χ1) is 7.79. The van der Waals surface area contributed by atoms with Crippen LogP contribution in [-0.2, 0) is 0 Å². The quantitative estimate of drug-likeness (QED) is 0.729. The summed E-state index contributed by atoms with van der Waals surface area (Å²) in [6.45, 7) is 12.8. The van der Waals surface area contributed by atoms with Crippen LogP contribution in [0.3, 0.4) is 0 Å². The van der Waals surface area contributed by atoms with Gasteiger partial charge in [0, 0.05) is 5.54 Å². The molecule has 102 valence electrons. The van der Waals surface area contributed by atoms with E-state index in [0.717, 1.165) is 12.5 Å². The number of hydrogen-bond donors (Lipinski definition) is 1. The van der Waals surface area contributed by atoms with Gasteiger partial charge in [-0.05, 0) is 51.5 Å². The molecule has 1 nitrogen and oxygen atoms in total. The van der Waals surface area contributed by atoms with Gasteiger partial charge in [0.05, 0.1) is 0 Å². The molecule has 0 saturated heterocycles. The third-order valence-corrected chi connectivity index (χ3v) is 4.02. The molecule has 0 radical (unpaired) electrons. The van der Waals surface area contributed by atoms with Crippen molar-refractivity contribution in [2.45, 2.75) is 85.1 Å². The highest BCUT2D eigenvalue weighted by Crippen LogP contribution is 2.36. The van der Waals surface area contributed by atoms with Gasteiger partial charge < -0.3 is 5.32 Å². The van der Waals surface area contributed by atoms with Crippen molar-refractivity contribution in [2.75, 3.05) is 6.54 Å². The standard InChI is InChI=1S/C16H33N/c1-15(2,3)17-12-11-16(4,5)13-14-9-7-6-8-10-14/h14,17H,6-13H2,1-5H3. The van der Waals surface area contributed by atoms with Crippen molar-refractivity contribution < 1.29 is 0 Å². The summed E-state index contributed by atoms with van der Waals surface area (Å²) in [7, 11) is 0. The molecule has 1 N–H and O–H groups in total. The number of nitrogens with one attached hydrogen (secondary N) is 1. The summed E-state index contributed by atoms with van der Waals surface area (Å²) in [6.07, 6.45) is 10.1. The van der Waals surface area contributed by atoms with Crippen LogP contribution in [0.5, 0.6) is 0 Å². The molecule has 0 aliphatic heterocycles. The first-order valence-corrected chi connectivity index (χ1v) is 7.54. The normalized spacial score (nSPS) is 19.6. The molecule has 1 aliphatic rings. The van der Waals surface area contributed by atoms with Crippen molar-refractivity contribution in [1.82, 2.24) is 5.32 Å². The van der Waals surface area contributed by atoms with Gasteiger partial charge in [-0.2, -0.15) is 0 Å². The zero-order valence-electron chi connectivity index (χ0n) is 12.7. The van der Waals surface area contributed by atoms with Crippen LogP contribution in [0.4, 0.5) is 0 Å². The van der Waals surface area contributed by atoms with E-state index in [0.29, 0.717) is 5.41 Å². The minimum absolute atomic E-state index is 0.265. The highest BCUT2D eigenvalue weighted by Gasteiger charge is 2.24. The van der Waals surface area contributed by atoms with Gasteiger partial charge in [0.25, 0.3) is 0 Å². The lowest BCUT2D eigenvalue weighted by Gasteiger charge is -2.33. The molecule has 0 unspecified atom stereocenters. The van der Waals surface area contributed by atoms with Gasteiger partial charge in [0.15, 0.2) is 0 Å². The summed E-state index contributed by atoms with van der Waals surface area (Å²) >= 11 is 0. The minimum atomic E-state index is 0.265. The molecule has 0 aromatic rings. The number of rotatable bonds is 5. The summed E-state index contributed by atoms with van der Waals surface area (Å²) in [4.78, 5) is 0. The second kappa shape index (κ2) is 6.22. The molecule has 1 heteroatoms. The topological polar surface area (TPSA) is 12.0 Å². The van der Waals surface area contributed by atoms with Gasteiger partial charge >= 0.3 is 0 Å². The predicted octanol–water partition coefficient (Wildman–Crippen LogP) is 4.76. The smallest absolute Gasteiger partial charge is 0.00965 e. The van der Waals surface area contributed by atoms with Crippen LogP contribution >= 0.6 is 0 Å². The van der Waals surface area contributed by atoms with Crippen LogP contribution in [0, 0.1) is 11.3 Å². The van der Waals surface area contributed by atoms with Crippen LogP contribution < -0.4 is 5.32 Å². The first kappa shape index (κ1) is 15.0. The fourth-order valence-corrected chi connectivity index (χ4v) is 3.05. The Morgan fingerprint density at radius 1 is 0.941 bits per heavy atom. The monoisotopic (exact) mass is 239 g/mol. The lowest BCUT2D eigenvalue weighted by atomic mass is 9.75. The Morgan fingerprint density at radius 3 is 2.06 bits per heavy atom. The van der Waals surface area contributed by atoms with Crippen LogP contribution in [-0.4, -0.2) is 12.1 Å². The van der Waals surface area contributed by atoms with E-state index < -0.39 is 0 Å². The maximum absolute atomic E-state index is 3.62. The van der Waals surface area contributed by atoms with E-state index in [1.54, 1.807) is 0 Å². The molecule has 17 heavy (non-hydrogen) atoms. The summed E-state index contributed by atoms with van der Waals surface area (Å²) in [6, 6.07) is 0. The van der Waals surface area contributed by atoms with E-state index in [4.69, 9.17) is 0 Å². The highest BCUT2D eigenvalue weighted by atomic mass is 14.9. The fraction of sp³-hybridized carbons (Fsp3) is 1.00. The lowest BCUT2D eigenvalue weighted by molar-refractivity contribution is 0.203. The molecular weight excluding hydrogens is 206 g/mol. The second-order valence-corrected chi connectivity index (χ2v) is 7.80. The maximum atomic E-state index is 3.62. The van der Waals surface area contributed by atoms with E-state index in [1.165, 1.54) is 44.9 Å². The Hall–Kier alpha value is -0.0400. The van der Waals surface area contributed by atoms with Crippen molar-refractivity contribution in [1.29, 1.82) is 0 Å². The van der Waals surface area contributed by atoms with Crippen LogP contribution in [0.15, 0.2) is 0 Å². The minimum Gasteiger partial charge on any atom is -0.312 e. The Labute approximate surface area is 109 Å². The molecule has 0 aromatic heterocycles. The van der Waals surface area contributed by atoms with Crippen LogP contribution in [0.1, 0.15) is 79.6 Å². The summed E-state index contributed by atoms with van der Waals surface area (Å²) in [5, 5.41) is 3.62. The Kier molecular flexibility index (Phi) is 5.50. The third kappa shape index (κ3) is 7.08. The van der Waals surface area contributed by atoms with Crippen LogP contribution in [0.25, 0.3) is 0 Å². The molecule has 0 bridgehead atoms. The van der Waals surface area contributed by atoms with Crippen molar-refractivity contribution in [3.8, 4) is 0 Å². The summed E-state index contributed by atoms with van der Waals surface area (Å²) in [5.74, 6) is 1.01.